The van der Waals surface area contributed by atoms with Crippen molar-refractivity contribution in [2.75, 3.05) is 4.90 Å². The number of carbonyl (C=O) groups excluding carboxylic acids is 2. The van der Waals surface area contributed by atoms with Crippen LogP contribution < -0.4 is 10.6 Å². The van der Waals surface area contributed by atoms with Crippen LogP contribution in [0.3, 0.4) is 0 Å². The number of hydrogen-bond acceptors (Lipinski definition) is 6. The third-order valence-electron chi connectivity index (χ3n) is 3.41. The van der Waals surface area contributed by atoms with Crippen LogP contribution in [0.15, 0.2) is 30.5 Å². The zero-order chi connectivity index (χ0) is 20.4. The molecule has 1 heterocycles. The van der Waals surface area contributed by atoms with Crippen LogP contribution in [0.2, 0.25) is 0 Å². The fourth-order valence-corrected chi connectivity index (χ4v) is 2.37. The Balaban J connectivity index is 2.60. The summed E-state index contributed by atoms with van der Waals surface area (Å²) in [6, 6.07) is 7.35. The fourth-order valence-electron chi connectivity index (χ4n) is 2.37. The maximum absolute atomic E-state index is 12.8. The normalized spacial score (nSPS) is 12.0. The molecule has 0 spiro atoms. The van der Waals surface area contributed by atoms with Gasteiger partial charge in [-0.05, 0) is 64.6 Å². The van der Waals surface area contributed by atoms with Crippen molar-refractivity contribution in [2.24, 2.45) is 5.73 Å². The van der Waals surface area contributed by atoms with Gasteiger partial charge in [-0.1, -0.05) is 12.1 Å². The van der Waals surface area contributed by atoms with E-state index in [1.807, 2.05) is 12.1 Å². The lowest BCUT2D eigenvalue weighted by Crippen LogP contribution is -2.44. The Kier molecular flexibility index (Phi) is 5.75. The van der Waals surface area contributed by atoms with E-state index in [9.17, 15) is 9.59 Å². The Hall–Kier alpha value is -2.67. The molecule has 0 saturated carbocycles. The number of anilines is 1. The van der Waals surface area contributed by atoms with Gasteiger partial charge in [0.15, 0.2) is 5.82 Å². The standard InChI is InChI=1S/C20H27N3O4/c1-19(2,3)26-17(24)23(18(25)27-20(4,5)6)16-15-11-13(12-21)7-8-14(15)9-10-22-16/h7-11H,12,21H2,1-6H3. The number of carbonyl (C=O) groups is 2. The van der Waals surface area contributed by atoms with Crippen LogP contribution in [0.5, 0.6) is 0 Å². The molecule has 7 nitrogen and oxygen atoms in total. The molecule has 146 valence electrons. The van der Waals surface area contributed by atoms with Crippen molar-refractivity contribution in [1.29, 1.82) is 0 Å². The predicted molar refractivity (Wildman–Crippen MR) is 105 cm³/mol. The van der Waals surface area contributed by atoms with Crippen molar-refractivity contribution in [3.8, 4) is 0 Å². The van der Waals surface area contributed by atoms with Crippen LogP contribution in [0.4, 0.5) is 15.4 Å². The van der Waals surface area contributed by atoms with E-state index in [2.05, 4.69) is 4.98 Å². The summed E-state index contributed by atoms with van der Waals surface area (Å²) in [4.78, 5) is 30.7. The summed E-state index contributed by atoms with van der Waals surface area (Å²) in [6.07, 6.45) is -0.175. The first kappa shape index (κ1) is 20.6. The number of amides is 2. The highest BCUT2D eigenvalue weighted by Gasteiger charge is 2.34. The van der Waals surface area contributed by atoms with Gasteiger partial charge in [-0.2, -0.15) is 4.90 Å². The van der Waals surface area contributed by atoms with E-state index in [1.165, 1.54) is 6.20 Å². The van der Waals surface area contributed by atoms with Gasteiger partial charge in [0.2, 0.25) is 0 Å². The second-order valence-electron chi connectivity index (χ2n) is 8.19. The summed E-state index contributed by atoms with van der Waals surface area (Å²) < 4.78 is 10.8. The van der Waals surface area contributed by atoms with Crippen LogP contribution in [-0.4, -0.2) is 28.4 Å². The van der Waals surface area contributed by atoms with Crippen molar-refractivity contribution in [3.05, 3.63) is 36.0 Å². The molecule has 2 aromatic rings. The van der Waals surface area contributed by atoms with Crippen molar-refractivity contribution < 1.29 is 19.1 Å². The molecule has 0 aliphatic rings. The predicted octanol–water partition coefficient (Wildman–Crippen LogP) is 4.37. The molecule has 1 aromatic carbocycles. The molecule has 27 heavy (non-hydrogen) atoms. The van der Waals surface area contributed by atoms with E-state index in [0.717, 1.165) is 15.8 Å². The second-order valence-corrected chi connectivity index (χ2v) is 8.19. The lowest BCUT2D eigenvalue weighted by atomic mass is 10.1. The molecule has 0 unspecified atom stereocenters. The van der Waals surface area contributed by atoms with Crippen LogP contribution >= 0.6 is 0 Å². The molecule has 0 aliphatic heterocycles. The van der Waals surface area contributed by atoms with Crippen molar-refractivity contribution in [2.45, 2.75) is 59.3 Å². The quantitative estimate of drug-likeness (QED) is 0.840. The Bertz CT molecular complexity index is 822. The summed E-state index contributed by atoms with van der Waals surface area (Å²) in [5.74, 6) is 0.145. The SMILES string of the molecule is CC(C)(C)OC(=O)N(C(=O)OC(C)(C)C)c1nccc2ccc(CN)cc12. The van der Waals surface area contributed by atoms with Crippen LogP contribution in [-0.2, 0) is 16.0 Å². The number of fused-ring (bicyclic) bond motifs is 1. The van der Waals surface area contributed by atoms with Crippen LogP contribution in [0, 0.1) is 0 Å². The third kappa shape index (κ3) is 5.40. The number of ether oxygens (including phenoxy) is 2. The highest BCUT2D eigenvalue weighted by atomic mass is 16.6. The first-order valence-corrected chi connectivity index (χ1v) is 8.75. The molecule has 0 aliphatic carbocycles. The van der Waals surface area contributed by atoms with Gasteiger partial charge in [-0.25, -0.2) is 14.6 Å². The Morgan fingerprint density at radius 3 is 2.04 bits per heavy atom. The van der Waals surface area contributed by atoms with Gasteiger partial charge < -0.3 is 15.2 Å². The molecule has 0 fully saturated rings. The number of nitrogens with two attached hydrogens (primary N) is 1. The van der Waals surface area contributed by atoms with Gasteiger partial charge in [0.25, 0.3) is 0 Å². The lowest BCUT2D eigenvalue weighted by Gasteiger charge is -2.28. The number of rotatable bonds is 2. The van der Waals surface area contributed by atoms with E-state index in [-0.39, 0.29) is 5.82 Å². The van der Waals surface area contributed by atoms with Crippen molar-refractivity contribution in [1.82, 2.24) is 4.98 Å². The highest BCUT2D eigenvalue weighted by Crippen LogP contribution is 2.28. The van der Waals surface area contributed by atoms with Gasteiger partial charge in [-0.3, -0.25) is 0 Å². The Morgan fingerprint density at radius 1 is 1.00 bits per heavy atom. The lowest BCUT2D eigenvalue weighted by molar-refractivity contribution is 0.0429. The molecule has 0 bridgehead atoms. The van der Waals surface area contributed by atoms with Gasteiger partial charge in [0, 0.05) is 18.1 Å². The monoisotopic (exact) mass is 373 g/mol. The maximum atomic E-state index is 12.8. The summed E-state index contributed by atoms with van der Waals surface area (Å²) in [6.45, 7) is 10.7. The van der Waals surface area contributed by atoms with E-state index in [4.69, 9.17) is 15.2 Å². The maximum Gasteiger partial charge on any atom is 0.425 e. The van der Waals surface area contributed by atoms with E-state index < -0.39 is 23.4 Å². The number of benzene rings is 1. The van der Waals surface area contributed by atoms with E-state index in [1.54, 1.807) is 53.7 Å². The minimum Gasteiger partial charge on any atom is -0.443 e. The molecule has 2 N–H and O–H groups in total. The smallest absolute Gasteiger partial charge is 0.425 e. The molecule has 2 amide bonds. The first-order valence-electron chi connectivity index (χ1n) is 8.75. The van der Waals surface area contributed by atoms with Crippen molar-refractivity contribution >= 4 is 28.8 Å². The van der Waals surface area contributed by atoms with Crippen LogP contribution in [0.1, 0.15) is 47.1 Å². The molecule has 7 heteroatoms. The topological polar surface area (TPSA) is 94.8 Å². The average Bonchev–Trinajstić information content (AvgIpc) is 2.51. The molecular weight excluding hydrogens is 346 g/mol. The summed E-state index contributed by atoms with van der Waals surface area (Å²) in [7, 11) is 0. The summed E-state index contributed by atoms with van der Waals surface area (Å²) >= 11 is 0. The zero-order valence-corrected chi connectivity index (χ0v) is 16.7. The van der Waals surface area contributed by atoms with Crippen molar-refractivity contribution in [3.63, 3.8) is 0 Å². The molecule has 2 rings (SSSR count). The zero-order valence-electron chi connectivity index (χ0n) is 16.7. The second kappa shape index (κ2) is 7.52. The van der Waals surface area contributed by atoms with Gasteiger partial charge >= 0.3 is 12.2 Å². The van der Waals surface area contributed by atoms with Gasteiger partial charge in [0.05, 0.1) is 0 Å². The third-order valence-corrected chi connectivity index (χ3v) is 3.41. The highest BCUT2D eigenvalue weighted by molar-refractivity contribution is 6.13. The first-order chi connectivity index (χ1) is 12.4. The number of aromatic nitrogens is 1. The number of nitrogens with zero attached hydrogens (tertiary/aromatic N) is 2. The average molecular weight is 373 g/mol. The number of hydrogen-bond donors (Lipinski definition) is 1. The molecule has 0 saturated heterocycles. The summed E-state index contributed by atoms with van der Waals surface area (Å²) in [5, 5.41) is 1.42. The minimum atomic E-state index is -0.852. The van der Waals surface area contributed by atoms with Gasteiger partial charge in [0.1, 0.15) is 11.2 Å². The minimum absolute atomic E-state index is 0.145. The van der Waals surface area contributed by atoms with E-state index >= 15 is 0 Å². The molecular formula is C20H27N3O4. The largest absolute Gasteiger partial charge is 0.443 e. The van der Waals surface area contributed by atoms with E-state index in [0.29, 0.717) is 11.9 Å². The number of imide groups is 1. The van der Waals surface area contributed by atoms with Gasteiger partial charge in [-0.15, -0.1) is 0 Å². The number of pyridine rings is 1. The summed E-state index contributed by atoms with van der Waals surface area (Å²) in [5.41, 5.74) is 5.01. The molecule has 0 atom stereocenters. The molecule has 0 radical (unpaired) electrons. The fraction of sp³-hybridized carbons (Fsp3) is 0.450. The molecule has 1 aromatic heterocycles. The Morgan fingerprint density at radius 2 is 1.56 bits per heavy atom. The Labute approximate surface area is 159 Å². The van der Waals surface area contributed by atoms with Crippen LogP contribution in [0.25, 0.3) is 10.8 Å².